The first-order valence-electron chi connectivity index (χ1n) is 24.3. The molecule has 12 nitrogen and oxygen atoms in total. The molecule has 0 fully saturated rings. The molecule has 3 aromatic rings. The SMILES string of the molecule is COc1cc(C2C3=C(CC(C)(C)CC3=O)OC3=C2C(=O)CC(C)(C)C3)cc(OC)c1OCc1ccc(COc2c(OC)cc(C3C4=C(CC(C)(C)CC4=O)OC4=C3C(=O)CC(C)(C)C4)cc2OC)cc1. The van der Waals surface area contributed by atoms with E-state index in [0.29, 0.717) is 142 Å². The molecule has 0 bridgehead atoms. The summed E-state index contributed by atoms with van der Waals surface area (Å²) in [5.41, 5.74) is 4.19. The highest BCUT2D eigenvalue weighted by Gasteiger charge is 2.50. The summed E-state index contributed by atoms with van der Waals surface area (Å²) in [6, 6.07) is 15.2. The maximum atomic E-state index is 14.0. The second-order valence-electron chi connectivity index (χ2n) is 23.1. The Balaban J connectivity index is 0.947. The molecule has 0 spiro atoms. The molecule has 3 aromatic carbocycles. The first kappa shape index (κ1) is 48.7. The lowest BCUT2D eigenvalue weighted by atomic mass is 9.65. The Labute approximate surface area is 411 Å². The molecule has 9 rings (SSSR count). The van der Waals surface area contributed by atoms with Crippen LogP contribution in [0.15, 0.2) is 93.9 Å². The molecule has 4 aliphatic carbocycles. The number of rotatable bonds is 12. The normalized spacial score (nSPS) is 21.5. The summed E-state index contributed by atoms with van der Waals surface area (Å²) in [7, 11) is 6.23. The molecule has 0 amide bonds. The Morgan fingerprint density at radius 2 is 0.657 bits per heavy atom. The summed E-state index contributed by atoms with van der Waals surface area (Å²) < 4.78 is 49.6. The van der Waals surface area contributed by atoms with Crippen LogP contribution in [0.2, 0.25) is 0 Å². The Morgan fingerprint density at radius 1 is 0.414 bits per heavy atom. The molecule has 2 aliphatic heterocycles. The number of methoxy groups -OCH3 is 4. The van der Waals surface area contributed by atoms with Crippen LogP contribution >= 0.6 is 0 Å². The van der Waals surface area contributed by atoms with E-state index in [4.69, 9.17) is 37.9 Å². The van der Waals surface area contributed by atoms with Gasteiger partial charge in [-0.05, 0) is 68.2 Å². The zero-order valence-electron chi connectivity index (χ0n) is 42.7. The lowest BCUT2D eigenvalue weighted by molar-refractivity contribution is -0.122. The van der Waals surface area contributed by atoms with Gasteiger partial charge in [0.05, 0.1) is 28.4 Å². The molecule has 70 heavy (non-hydrogen) atoms. The van der Waals surface area contributed by atoms with E-state index >= 15 is 0 Å². The molecule has 12 heteroatoms. The minimum atomic E-state index is -0.621. The predicted molar refractivity (Wildman–Crippen MR) is 262 cm³/mol. The van der Waals surface area contributed by atoms with Gasteiger partial charge in [0.2, 0.25) is 11.5 Å². The van der Waals surface area contributed by atoms with Crippen LogP contribution in [0.3, 0.4) is 0 Å². The van der Waals surface area contributed by atoms with Crippen molar-refractivity contribution in [3.63, 3.8) is 0 Å². The second-order valence-corrected chi connectivity index (χ2v) is 23.1. The third-order valence-electron chi connectivity index (χ3n) is 14.6. The van der Waals surface area contributed by atoms with Gasteiger partial charge in [0.1, 0.15) is 36.3 Å². The maximum Gasteiger partial charge on any atom is 0.203 e. The molecule has 0 atom stereocenters. The van der Waals surface area contributed by atoms with Crippen molar-refractivity contribution >= 4 is 23.1 Å². The number of Topliss-reactive ketones (excluding diaryl/α,β-unsaturated/α-hetero) is 4. The molecule has 0 saturated carbocycles. The predicted octanol–water partition coefficient (Wildman–Crippen LogP) is 11.7. The van der Waals surface area contributed by atoms with Gasteiger partial charge in [-0.25, -0.2) is 0 Å². The minimum Gasteiger partial charge on any atom is -0.493 e. The lowest BCUT2D eigenvalue weighted by Gasteiger charge is -2.42. The third-order valence-corrected chi connectivity index (χ3v) is 14.6. The Kier molecular flexibility index (Phi) is 12.4. The smallest absolute Gasteiger partial charge is 0.203 e. The quantitative estimate of drug-likeness (QED) is 0.170. The molecule has 6 aliphatic rings. The summed E-state index contributed by atoms with van der Waals surface area (Å²) in [5.74, 6) is 3.65. The molecule has 0 unspecified atom stereocenters. The number of ketones is 4. The topological polar surface area (TPSA) is 142 Å². The first-order valence-corrected chi connectivity index (χ1v) is 24.3. The van der Waals surface area contributed by atoms with Gasteiger partial charge in [0.15, 0.2) is 46.1 Å². The van der Waals surface area contributed by atoms with Crippen molar-refractivity contribution < 1.29 is 57.1 Å². The Morgan fingerprint density at radius 3 is 0.886 bits per heavy atom. The van der Waals surface area contributed by atoms with Gasteiger partial charge in [0, 0.05) is 85.5 Å². The van der Waals surface area contributed by atoms with Crippen LogP contribution in [0.4, 0.5) is 0 Å². The van der Waals surface area contributed by atoms with E-state index in [0.717, 1.165) is 11.1 Å². The van der Waals surface area contributed by atoms with E-state index < -0.39 is 11.8 Å². The number of hydrogen-bond acceptors (Lipinski definition) is 12. The van der Waals surface area contributed by atoms with E-state index in [2.05, 4.69) is 55.4 Å². The summed E-state index contributed by atoms with van der Waals surface area (Å²) in [6.07, 6.45) is 3.77. The lowest BCUT2D eigenvalue weighted by Crippen LogP contribution is -2.37. The summed E-state index contributed by atoms with van der Waals surface area (Å²) in [5, 5.41) is 0. The van der Waals surface area contributed by atoms with Crippen LogP contribution in [0.5, 0.6) is 34.5 Å². The number of carbonyl (C=O) groups excluding carboxylic acids is 4. The standard InChI is InChI=1S/C58H66O12/c1-55(2)21-35(59)49-43(25-55)69-44-26-56(3,4)22-36(60)50(44)47(49)33-17-39(63-9)53(40(18-33)64-10)67-29-31-13-15-32(16-14-31)30-68-54-41(65-11)19-34(20-42(54)66-12)48-51-37(61)23-57(5,6)27-45(51)70-46-28-58(7,8)24-38(62)52(46)48/h13-20,47-48H,21-30H2,1-12H3. The van der Waals surface area contributed by atoms with Crippen molar-refractivity contribution in [2.24, 2.45) is 21.7 Å². The number of benzene rings is 3. The summed E-state index contributed by atoms with van der Waals surface area (Å²) in [6.45, 7) is 16.9. The van der Waals surface area contributed by atoms with Gasteiger partial charge in [-0.15, -0.1) is 0 Å². The second kappa shape index (κ2) is 17.8. The number of hydrogen-bond donors (Lipinski definition) is 0. The molecular weight excluding hydrogens is 889 g/mol. The van der Waals surface area contributed by atoms with E-state index in [1.165, 1.54) is 0 Å². The van der Waals surface area contributed by atoms with Crippen LogP contribution in [0, 0.1) is 21.7 Å². The van der Waals surface area contributed by atoms with Crippen molar-refractivity contribution in [2.45, 2.75) is 132 Å². The molecule has 370 valence electrons. The van der Waals surface area contributed by atoms with Gasteiger partial charge >= 0.3 is 0 Å². The van der Waals surface area contributed by atoms with Crippen LogP contribution in [0.25, 0.3) is 0 Å². The number of carbonyl (C=O) groups is 4. The third kappa shape index (κ3) is 9.14. The van der Waals surface area contributed by atoms with Crippen molar-refractivity contribution in [3.05, 3.63) is 116 Å². The molecule has 2 heterocycles. The van der Waals surface area contributed by atoms with Gasteiger partial charge < -0.3 is 37.9 Å². The highest BCUT2D eigenvalue weighted by Crippen LogP contribution is 2.57. The molecule has 0 saturated heterocycles. The average Bonchev–Trinajstić information content (AvgIpc) is 3.26. The Bertz CT molecular complexity index is 2500. The average molecular weight is 955 g/mol. The Hall–Kier alpha value is -6.30. The fourth-order valence-corrected chi connectivity index (χ4v) is 11.5. The highest BCUT2D eigenvalue weighted by molar-refractivity contribution is 6.07. The van der Waals surface area contributed by atoms with Gasteiger partial charge in [-0.3, -0.25) is 19.2 Å². The van der Waals surface area contributed by atoms with E-state index in [9.17, 15) is 19.2 Å². The van der Waals surface area contributed by atoms with Gasteiger partial charge in [-0.1, -0.05) is 79.7 Å². The molecular formula is C58H66O12. The van der Waals surface area contributed by atoms with Crippen LogP contribution in [-0.2, 0) is 41.9 Å². The zero-order chi connectivity index (χ0) is 50.2. The van der Waals surface area contributed by atoms with Gasteiger partial charge in [0.25, 0.3) is 0 Å². The largest absolute Gasteiger partial charge is 0.493 e. The van der Waals surface area contributed by atoms with Crippen molar-refractivity contribution in [1.29, 1.82) is 0 Å². The molecule has 0 aromatic heterocycles. The van der Waals surface area contributed by atoms with Crippen LogP contribution < -0.4 is 28.4 Å². The first-order chi connectivity index (χ1) is 33.0. The van der Waals surface area contributed by atoms with Crippen molar-refractivity contribution in [3.8, 4) is 34.5 Å². The van der Waals surface area contributed by atoms with Gasteiger partial charge in [-0.2, -0.15) is 0 Å². The fourth-order valence-electron chi connectivity index (χ4n) is 11.5. The monoisotopic (exact) mass is 954 g/mol. The van der Waals surface area contributed by atoms with Crippen LogP contribution in [0.1, 0.15) is 141 Å². The number of ether oxygens (including phenoxy) is 8. The summed E-state index contributed by atoms with van der Waals surface area (Å²) >= 11 is 0. The van der Waals surface area contributed by atoms with E-state index in [1.54, 1.807) is 28.4 Å². The zero-order valence-corrected chi connectivity index (χ0v) is 42.7. The van der Waals surface area contributed by atoms with Crippen LogP contribution in [-0.4, -0.2) is 51.6 Å². The summed E-state index contributed by atoms with van der Waals surface area (Å²) in [4.78, 5) is 55.8. The van der Waals surface area contributed by atoms with E-state index in [1.807, 2.05) is 48.5 Å². The fraction of sp³-hybridized carbons (Fsp3) is 0.483. The maximum absolute atomic E-state index is 14.0. The molecule has 0 radical (unpaired) electrons. The highest BCUT2D eigenvalue weighted by atomic mass is 16.5. The minimum absolute atomic E-state index is 0.0217. The van der Waals surface area contributed by atoms with E-state index in [-0.39, 0.29) is 58.0 Å². The van der Waals surface area contributed by atoms with Crippen molar-refractivity contribution in [1.82, 2.24) is 0 Å². The molecule has 0 N–H and O–H groups in total. The number of allylic oxidation sites excluding steroid dienone is 8. The van der Waals surface area contributed by atoms with Crippen molar-refractivity contribution in [2.75, 3.05) is 28.4 Å².